The van der Waals surface area contributed by atoms with Gasteiger partial charge in [0.05, 0.1) is 19.1 Å². The fourth-order valence-corrected chi connectivity index (χ4v) is 2.58. The molecule has 0 amide bonds. The zero-order valence-corrected chi connectivity index (χ0v) is 11.4. The van der Waals surface area contributed by atoms with Crippen LogP contribution < -0.4 is 5.32 Å². The molecular formula is C13H19NO3S. The summed E-state index contributed by atoms with van der Waals surface area (Å²) in [6.45, 7) is 4.44. The molecule has 100 valence electrons. The second-order valence-corrected chi connectivity index (χ2v) is 5.42. The molecule has 5 heteroatoms. The molecule has 0 aromatic carbocycles. The molecule has 1 N–H and O–H groups in total. The number of hydrogen-bond donors (Lipinski definition) is 1. The van der Waals surface area contributed by atoms with E-state index in [1.165, 1.54) is 0 Å². The molecule has 1 aromatic rings. The average Bonchev–Trinajstić information content (AvgIpc) is 3.04. The maximum absolute atomic E-state index is 12.0. The Kier molecular flexibility index (Phi) is 5.16. The minimum Gasteiger partial charge on any atom is -0.460 e. The van der Waals surface area contributed by atoms with Crippen molar-refractivity contribution in [2.24, 2.45) is 5.92 Å². The van der Waals surface area contributed by atoms with Crippen LogP contribution in [0.1, 0.15) is 18.2 Å². The van der Waals surface area contributed by atoms with Gasteiger partial charge in [0.1, 0.15) is 6.61 Å². The first-order valence-electron chi connectivity index (χ1n) is 6.31. The molecule has 0 radical (unpaired) electrons. The van der Waals surface area contributed by atoms with Crippen molar-refractivity contribution in [2.75, 3.05) is 19.8 Å². The highest BCUT2D eigenvalue weighted by Gasteiger charge is 2.34. The number of ether oxygens (including phenoxy) is 2. The Morgan fingerprint density at radius 2 is 2.50 bits per heavy atom. The third-order valence-corrected chi connectivity index (χ3v) is 3.83. The van der Waals surface area contributed by atoms with Gasteiger partial charge in [0.15, 0.2) is 0 Å². The number of esters is 1. The zero-order valence-electron chi connectivity index (χ0n) is 10.6. The maximum Gasteiger partial charge on any atom is 0.313 e. The van der Waals surface area contributed by atoms with Crippen molar-refractivity contribution in [2.45, 2.75) is 26.0 Å². The first kappa shape index (κ1) is 13.5. The minimum atomic E-state index is -0.170. The van der Waals surface area contributed by atoms with Crippen LogP contribution in [-0.2, 0) is 20.9 Å². The second-order valence-electron chi connectivity index (χ2n) is 4.39. The molecule has 2 atom stereocenters. The van der Waals surface area contributed by atoms with Crippen molar-refractivity contribution in [1.29, 1.82) is 0 Å². The van der Waals surface area contributed by atoms with Gasteiger partial charge in [0, 0.05) is 10.9 Å². The zero-order chi connectivity index (χ0) is 12.8. The molecule has 0 spiro atoms. The van der Waals surface area contributed by atoms with E-state index in [4.69, 9.17) is 9.47 Å². The van der Waals surface area contributed by atoms with Gasteiger partial charge in [-0.3, -0.25) is 4.79 Å². The van der Waals surface area contributed by atoms with Crippen molar-refractivity contribution in [1.82, 2.24) is 5.32 Å². The molecule has 1 saturated heterocycles. The van der Waals surface area contributed by atoms with Crippen LogP contribution in [0, 0.1) is 5.92 Å². The molecule has 0 bridgehead atoms. The molecule has 2 unspecified atom stereocenters. The van der Waals surface area contributed by atoms with Crippen LogP contribution in [0.2, 0.25) is 0 Å². The Bertz CT molecular complexity index is 366. The summed E-state index contributed by atoms with van der Waals surface area (Å²) in [5, 5.41) is 5.31. The van der Waals surface area contributed by atoms with Crippen molar-refractivity contribution < 1.29 is 14.3 Å². The summed E-state index contributed by atoms with van der Waals surface area (Å²) in [5.41, 5.74) is 0. The third kappa shape index (κ3) is 3.54. The van der Waals surface area contributed by atoms with Crippen LogP contribution in [0.4, 0.5) is 0 Å². The summed E-state index contributed by atoms with van der Waals surface area (Å²) < 4.78 is 10.7. The van der Waals surface area contributed by atoms with Crippen LogP contribution in [0.5, 0.6) is 0 Å². The Morgan fingerprint density at radius 3 is 3.22 bits per heavy atom. The van der Waals surface area contributed by atoms with Gasteiger partial charge in [-0.05, 0) is 24.4 Å². The van der Waals surface area contributed by atoms with Crippen LogP contribution in [0.25, 0.3) is 0 Å². The van der Waals surface area contributed by atoms with Gasteiger partial charge in [-0.2, -0.15) is 0 Å². The quantitative estimate of drug-likeness (QED) is 0.800. The summed E-state index contributed by atoms with van der Waals surface area (Å²) in [5.74, 6) is -0.328. The summed E-state index contributed by atoms with van der Waals surface area (Å²) >= 11 is 1.60. The van der Waals surface area contributed by atoms with Crippen LogP contribution in [0.15, 0.2) is 17.5 Å². The second kappa shape index (κ2) is 6.87. The van der Waals surface area contributed by atoms with Gasteiger partial charge in [-0.15, -0.1) is 11.3 Å². The highest BCUT2D eigenvalue weighted by atomic mass is 32.1. The molecule has 1 aliphatic heterocycles. The van der Waals surface area contributed by atoms with E-state index in [0.717, 1.165) is 17.8 Å². The molecule has 1 fully saturated rings. The molecule has 4 nitrogen and oxygen atoms in total. The van der Waals surface area contributed by atoms with E-state index < -0.39 is 0 Å². The van der Waals surface area contributed by atoms with E-state index in [1.54, 1.807) is 11.3 Å². The van der Waals surface area contributed by atoms with Crippen LogP contribution in [-0.4, -0.2) is 31.8 Å². The highest BCUT2D eigenvalue weighted by Crippen LogP contribution is 2.17. The topological polar surface area (TPSA) is 47.6 Å². The predicted molar refractivity (Wildman–Crippen MR) is 70.5 cm³/mol. The average molecular weight is 269 g/mol. The minimum absolute atomic E-state index is 0.0979. The lowest BCUT2D eigenvalue weighted by atomic mass is 10.0. The fraction of sp³-hybridized carbons (Fsp3) is 0.615. The number of hydrogen-bond acceptors (Lipinski definition) is 5. The van der Waals surface area contributed by atoms with Gasteiger partial charge in [-0.1, -0.05) is 13.0 Å². The maximum atomic E-state index is 12.0. The molecule has 1 aliphatic rings. The number of thiophene rings is 1. The van der Waals surface area contributed by atoms with E-state index in [1.807, 2.05) is 17.5 Å². The highest BCUT2D eigenvalue weighted by molar-refractivity contribution is 7.09. The van der Waals surface area contributed by atoms with E-state index in [2.05, 4.69) is 12.2 Å². The first-order valence-corrected chi connectivity index (χ1v) is 7.19. The van der Waals surface area contributed by atoms with E-state index in [0.29, 0.717) is 19.8 Å². The van der Waals surface area contributed by atoms with E-state index in [9.17, 15) is 4.79 Å². The summed E-state index contributed by atoms with van der Waals surface area (Å²) in [6.07, 6.45) is 1.05. The Balaban J connectivity index is 1.80. The van der Waals surface area contributed by atoms with Crippen molar-refractivity contribution in [3.05, 3.63) is 22.4 Å². The standard InChI is InChI=1S/C13H19NO3S/c1-2-5-14-12-9-16-8-11(12)13(15)17-7-10-4-3-6-18-10/h3-4,6,11-12,14H,2,5,7-9H2,1H3. The number of carbonyl (C=O) groups excluding carboxylic acids is 1. The lowest BCUT2D eigenvalue weighted by Crippen LogP contribution is -2.40. The summed E-state index contributed by atoms with van der Waals surface area (Å²) in [7, 11) is 0. The smallest absolute Gasteiger partial charge is 0.313 e. The number of carbonyl (C=O) groups is 1. The SMILES string of the molecule is CCCNC1COCC1C(=O)OCc1cccs1. The number of nitrogens with one attached hydrogen (secondary N) is 1. The van der Waals surface area contributed by atoms with Crippen molar-refractivity contribution in [3.8, 4) is 0 Å². The first-order chi connectivity index (χ1) is 8.81. The molecule has 1 aromatic heterocycles. The third-order valence-electron chi connectivity index (χ3n) is 2.98. The summed E-state index contributed by atoms with van der Waals surface area (Å²) in [4.78, 5) is 13.0. The van der Waals surface area contributed by atoms with E-state index >= 15 is 0 Å². The van der Waals surface area contributed by atoms with Crippen LogP contribution >= 0.6 is 11.3 Å². The lowest BCUT2D eigenvalue weighted by Gasteiger charge is -2.17. The Morgan fingerprint density at radius 1 is 1.61 bits per heavy atom. The Labute approximate surface area is 111 Å². The molecule has 0 saturated carbocycles. The lowest BCUT2D eigenvalue weighted by molar-refractivity contribution is -0.150. The van der Waals surface area contributed by atoms with Gasteiger partial charge >= 0.3 is 5.97 Å². The fourth-order valence-electron chi connectivity index (χ4n) is 1.96. The Hall–Kier alpha value is -0.910. The molecule has 2 heterocycles. The molecule has 2 rings (SSSR count). The van der Waals surface area contributed by atoms with E-state index in [-0.39, 0.29) is 17.9 Å². The summed E-state index contributed by atoms with van der Waals surface area (Å²) in [6, 6.07) is 4.02. The van der Waals surface area contributed by atoms with Crippen molar-refractivity contribution in [3.63, 3.8) is 0 Å². The monoisotopic (exact) mass is 269 g/mol. The molecule has 18 heavy (non-hydrogen) atoms. The van der Waals surface area contributed by atoms with Gasteiger partial charge < -0.3 is 14.8 Å². The predicted octanol–water partition coefficient (Wildman–Crippen LogP) is 1.81. The van der Waals surface area contributed by atoms with Gasteiger partial charge in [0.25, 0.3) is 0 Å². The normalized spacial score (nSPS) is 23.2. The molecule has 0 aliphatic carbocycles. The van der Waals surface area contributed by atoms with Crippen molar-refractivity contribution >= 4 is 17.3 Å². The van der Waals surface area contributed by atoms with Crippen LogP contribution in [0.3, 0.4) is 0 Å². The number of rotatable bonds is 6. The van der Waals surface area contributed by atoms with Gasteiger partial charge in [0.2, 0.25) is 0 Å². The van der Waals surface area contributed by atoms with Gasteiger partial charge in [-0.25, -0.2) is 0 Å². The molecular weight excluding hydrogens is 250 g/mol. The largest absolute Gasteiger partial charge is 0.460 e.